The van der Waals surface area contributed by atoms with Crippen LogP contribution in [0.15, 0.2) is 0 Å². The molecule has 0 aromatic rings. The highest BCUT2D eigenvalue weighted by molar-refractivity contribution is 7.99. The van der Waals surface area contributed by atoms with Gasteiger partial charge in [-0.1, -0.05) is 6.42 Å². The van der Waals surface area contributed by atoms with Gasteiger partial charge < -0.3 is 15.9 Å². The molecule has 0 aliphatic carbocycles. The van der Waals surface area contributed by atoms with Crippen LogP contribution in [-0.2, 0) is 4.79 Å². The van der Waals surface area contributed by atoms with Gasteiger partial charge in [-0.15, -0.1) is 0 Å². The molecule has 90 valence electrons. The molecule has 15 heavy (non-hydrogen) atoms. The highest BCUT2D eigenvalue weighted by Crippen LogP contribution is 2.13. The van der Waals surface area contributed by atoms with Gasteiger partial charge in [0.05, 0.1) is 0 Å². The van der Waals surface area contributed by atoms with Crippen molar-refractivity contribution in [3.63, 3.8) is 0 Å². The molecule has 0 aromatic heterocycles. The molecule has 4 nitrogen and oxygen atoms in total. The molecule has 0 amide bonds. The van der Waals surface area contributed by atoms with Gasteiger partial charge in [-0.2, -0.15) is 11.8 Å². The van der Waals surface area contributed by atoms with Crippen LogP contribution in [-0.4, -0.2) is 39.8 Å². The largest absolute Gasteiger partial charge is 0.480 e. The standard InChI is InChI=1S/C10H21NO3S/c1-10(11,9(13)14)5-2-3-7-15-8-4-6-12/h12H,2-8,11H2,1H3,(H,13,14). The van der Waals surface area contributed by atoms with Crippen LogP contribution >= 0.6 is 11.8 Å². The molecule has 0 saturated carbocycles. The number of aliphatic hydroxyl groups excluding tert-OH is 1. The van der Waals surface area contributed by atoms with Crippen LogP contribution in [0.2, 0.25) is 0 Å². The first-order valence-electron chi connectivity index (χ1n) is 5.21. The molecule has 1 unspecified atom stereocenters. The molecule has 0 aliphatic heterocycles. The number of carbonyl (C=O) groups is 1. The summed E-state index contributed by atoms with van der Waals surface area (Å²) in [5.74, 6) is 1.04. The summed E-state index contributed by atoms with van der Waals surface area (Å²) in [7, 11) is 0. The monoisotopic (exact) mass is 235 g/mol. The second-order valence-electron chi connectivity index (χ2n) is 3.87. The maximum absolute atomic E-state index is 10.7. The third-order valence-corrected chi connectivity index (χ3v) is 3.32. The topological polar surface area (TPSA) is 83.5 Å². The summed E-state index contributed by atoms with van der Waals surface area (Å²) in [6.07, 6.45) is 3.17. The first kappa shape index (κ1) is 14.7. The lowest BCUT2D eigenvalue weighted by Crippen LogP contribution is -2.44. The van der Waals surface area contributed by atoms with E-state index in [0.29, 0.717) is 6.42 Å². The van der Waals surface area contributed by atoms with Crippen molar-refractivity contribution < 1.29 is 15.0 Å². The van der Waals surface area contributed by atoms with Crippen molar-refractivity contribution in [2.45, 2.75) is 38.1 Å². The fraction of sp³-hybridized carbons (Fsp3) is 0.900. The third kappa shape index (κ3) is 7.64. The molecule has 0 radical (unpaired) electrons. The minimum atomic E-state index is -1.09. The van der Waals surface area contributed by atoms with Gasteiger partial charge in [-0.3, -0.25) is 4.79 Å². The van der Waals surface area contributed by atoms with Crippen molar-refractivity contribution in [3.8, 4) is 0 Å². The molecule has 0 heterocycles. The van der Waals surface area contributed by atoms with Crippen LogP contribution in [0.3, 0.4) is 0 Å². The smallest absolute Gasteiger partial charge is 0.323 e. The molecule has 0 aliphatic rings. The van der Waals surface area contributed by atoms with Crippen LogP contribution in [0.5, 0.6) is 0 Å². The average molecular weight is 235 g/mol. The molecule has 0 aromatic carbocycles. The zero-order valence-electron chi connectivity index (χ0n) is 9.24. The van der Waals surface area contributed by atoms with Crippen molar-refractivity contribution >= 4 is 17.7 Å². The minimum Gasteiger partial charge on any atom is -0.480 e. The van der Waals surface area contributed by atoms with Gasteiger partial charge in [0.25, 0.3) is 0 Å². The van der Waals surface area contributed by atoms with Gasteiger partial charge in [0, 0.05) is 6.61 Å². The predicted molar refractivity (Wildman–Crippen MR) is 63.1 cm³/mol. The molecule has 0 fully saturated rings. The van der Waals surface area contributed by atoms with E-state index in [0.717, 1.165) is 30.8 Å². The SMILES string of the molecule is CC(N)(CCCCSCCCO)C(=O)O. The van der Waals surface area contributed by atoms with Gasteiger partial charge in [-0.25, -0.2) is 0 Å². The molecule has 4 N–H and O–H groups in total. The lowest BCUT2D eigenvalue weighted by atomic mass is 9.97. The van der Waals surface area contributed by atoms with E-state index in [2.05, 4.69) is 0 Å². The van der Waals surface area contributed by atoms with Crippen molar-refractivity contribution in [3.05, 3.63) is 0 Å². The fourth-order valence-corrected chi connectivity index (χ4v) is 2.02. The van der Waals surface area contributed by atoms with E-state index in [1.807, 2.05) is 0 Å². The van der Waals surface area contributed by atoms with Gasteiger partial charge >= 0.3 is 5.97 Å². The number of rotatable bonds is 9. The first-order chi connectivity index (χ1) is 7.00. The number of aliphatic carboxylic acids is 1. The fourth-order valence-electron chi connectivity index (χ4n) is 1.07. The molecule has 0 bridgehead atoms. The Hall–Kier alpha value is -0.260. The zero-order valence-corrected chi connectivity index (χ0v) is 10.1. The number of hydrogen-bond donors (Lipinski definition) is 3. The van der Waals surface area contributed by atoms with E-state index >= 15 is 0 Å². The van der Waals surface area contributed by atoms with E-state index in [1.165, 1.54) is 0 Å². The molecule has 0 spiro atoms. The Bertz CT molecular complexity index is 186. The normalized spacial score (nSPS) is 14.9. The van der Waals surface area contributed by atoms with E-state index in [9.17, 15) is 4.79 Å². The number of thioether (sulfide) groups is 1. The number of nitrogens with two attached hydrogens (primary N) is 1. The summed E-state index contributed by atoms with van der Waals surface area (Å²) in [6.45, 7) is 1.79. The second-order valence-corrected chi connectivity index (χ2v) is 5.09. The van der Waals surface area contributed by atoms with Gasteiger partial charge in [0.2, 0.25) is 0 Å². The number of carboxylic acid groups (broad SMARTS) is 1. The number of hydrogen-bond acceptors (Lipinski definition) is 4. The summed E-state index contributed by atoms with van der Waals surface area (Å²) in [4.78, 5) is 10.7. The van der Waals surface area contributed by atoms with Crippen LogP contribution in [0.1, 0.15) is 32.6 Å². The van der Waals surface area contributed by atoms with Crippen molar-refractivity contribution in [2.24, 2.45) is 5.73 Å². The second kappa shape index (κ2) is 7.96. The zero-order chi connectivity index (χ0) is 11.7. The summed E-state index contributed by atoms with van der Waals surface area (Å²) in [5, 5.41) is 17.3. The summed E-state index contributed by atoms with van der Waals surface area (Å²) in [5.41, 5.74) is 4.50. The molecular formula is C10H21NO3S. The maximum atomic E-state index is 10.7. The van der Waals surface area contributed by atoms with Crippen LogP contribution in [0, 0.1) is 0 Å². The van der Waals surface area contributed by atoms with Crippen molar-refractivity contribution in [1.82, 2.24) is 0 Å². The molecular weight excluding hydrogens is 214 g/mol. The molecule has 1 atom stereocenters. The maximum Gasteiger partial charge on any atom is 0.323 e. The van der Waals surface area contributed by atoms with Crippen molar-refractivity contribution in [2.75, 3.05) is 18.1 Å². The van der Waals surface area contributed by atoms with Crippen LogP contribution in [0.4, 0.5) is 0 Å². The van der Waals surface area contributed by atoms with E-state index in [4.69, 9.17) is 15.9 Å². The van der Waals surface area contributed by atoms with Gasteiger partial charge in [0.15, 0.2) is 0 Å². The highest BCUT2D eigenvalue weighted by atomic mass is 32.2. The summed E-state index contributed by atoms with van der Waals surface area (Å²) < 4.78 is 0. The third-order valence-electron chi connectivity index (χ3n) is 2.17. The lowest BCUT2D eigenvalue weighted by Gasteiger charge is -2.18. The van der Waals surface area contributed by atoms with Crippen molar-refractivity contribution in [1.29, 1.82) is 0 Å². The number of unbranched alkanes of at least 4 members (excludes halogenated alkanes) is 1. The molecule has 0 saturated heterocycles. The Kier molecular flexibility index (Phi) is 7.82. The van der Waals surface area contributed by atoms with Crippen LogP contribution < -0.4 is 5.73 Å². The molecule has 0 rings (SSSR count). The van der Waals surface area contributed by atoms with Gasteiger partial charge in [-0.05, 0) is 37.7 Å². The quantitative estimate of drug-likeness (QED) is 0.521. The lowest BCUT2D eigenvalue weighted by molar-refractivity contribution is -0.142. The number of aliphatic hydroxyl groups is 1. The Balaban J connectivity index is 3.35. The minimum absolute atomic E-state index is 0.243. The first-order valence-corrected chi connectivity index (χ1v) is 6.37. The summed E-state index contributed by atoms with van der Waals surface area (Å²) >= 11 is 1.79. The Labute approximate surface area is 95.2 Å². The van der Waals surface area contributed by atoms with Crippen LogP contribution in [0.25, 0.3) is 0 Å². The average Bonchev–Trinajstić information content (AvgIpc) is 2.16. The molecule has 5 heteroatoms. The van der Waals surface area contributed by atoms with E-state index in [-0.39, 0.29) is 6.61 Å². The van der Waals surface area contributed by atoms with E-state index < -0.39 is 11.5 Å². The highest BCUT2D eigenvalue weighted by Gasteiger charge is 2.26. The Morgan fingerprint density at radius 2 is 1.93 bits per heavy atom. The Morgan fingerprint density at radius 3 is 2.47 bits per heavy atom. The Morgan fingerprint density at radius 1 is 1.33 bits per heavy atom. The summed E-state index contributed by atoms with van der Waals surface area (Å²) in [6, 6.07) is 0. The van der Waals surface area contributed by atoms with Gasteiger partial charge in [0.1, 0.15) is 5.54 Å². The predicted octanol–water partition coefficient (Wildman–Crippen LogP) is 1.07. The number of carboxylic acids is 1. The van der Waals surface area contributed by atoms with E-state index in [1.54, 1.807) is 18.7 Å².